The van der Waals surface area contributed by atoms with Crippen LogP contribution in [0.25, 0.3) is 0 Å². The molecule has 8 heteroatoms. The first-order valence-corrected chi connectivity index (χ1v) is 5.26. The Morgan fingerprint density at radius 2 is 1.47 bits per heavy atom. The number of rotatable bonds is 6. The Bertz CT molecular complexity index is 327. The molecule has 3 N–H and O–H groups in total. The van der Waals surface area contributed by atoms with Crippen molar-refractivity contribution < 1.29 is 39.3 Å². The summed E-state index contributed by atoms with van der Waals surface area (Å²) in [7, 11) is 5.66. The van der Waals surface area contributed by atoms with E-state index in [1.165, 1.54) is 0 Å². The molecule has 0 heterocycles. The Morgan fingerprint density at radius 3 is 1.68 bits per heavy atom. The van der Waals surface area contributed by atoms with Crippen LogP contribution in [0.3, 0.4) is 0 Å². The van der Waals surface area contributed by atoms with Gasteiger partial charge in [0.25, 0.3) is 0 Å². The van der Waals surface area contributed by atoms with Gasteiger partial charge in [-0.2, -0.15) is 0 Å². The zero-order valence-corrected chi connectivity index (χ0v) is 11.1. The summed E-state index contributed by atoms with van der Waals surface area (Å²) in [5.41, 5.74) is 0. The fraction of sp³-hybridized carbons (Fsp3) is 0.545. The number of quaternary nitrogens is 1. The highest BCUT2D eigenvalue weighted by Crippen LogP contribution is 1.97. The third-order valence-corrected chi connectivity index (χ3v) is 1.53. The number of carbonyl (C=O) groups is 3. The summed E-state index contributed by atoms with van der Waals surface area (Å²) in [6, 6.07) is 0. The average molecular weight is 277 g/mol. The Labute approximate surface area is 110 Å². The maximum Gasteiger partial charge on any atom is 0.328 e. The van der Waals surface area contributed by atoms with Crippen molar-refractivity contribution in [3.63, 3.8) is 0 Å². The summed E-state index contributed by atoms with van der Waals surface area (Å²) in [5.74, 6) is -3.72. The number of aliphatic hydroxyl groups is 1. The van der Waals surface area contributed by atoms with E-state index >= 15 is 0 Å². The zero-order valence-electron chi connectivity index (χ0n) is 11.1. The maximum absolute atomic E-state index is 10.0. The Kier molecular flexibility index (Phi) is 9.26. The van der Waals surface area contributed by atoms with Crippen molar-refractivity contribution in [2.45, 2.75) is 12.5 Å². The van der Waals surface area contributed by atoms with Crippen LogP contribution in [0.2, 0.25) is 0 Å². The van der Waals surface area contributed by atoms with Gasteiger partial charge in [0.2, 0.25) is 0 Å². The molecule has 0 aromatic rings. The fourth-order valence-corrected chi connectivity index (χ4v) is 1.03. The molecule has 0 spiro atoms. The van der Waals surface area contributed by atoms with E-state index in [2.05, 4.69) is 0 Å². The van der Waals surface area contributed by atoms with Gasteiger partial charge in [0.1, 0.15) is 12.6 Å². The van der Waals surface area contributed by atoms with Crippen LogP contribution in [0.4, 0.5) is 0 Å². The minimum Gasteiger partial charge on any atom is -0.550 e. The number of carbonyl (C=O) groups excluding carboxylic acids is 1. The second-order valence-electron chi connectivity index (χ2n) is 4.71. The number of hydrogen-bond acceptors (Lipinski definition) is 5. The van der Waals surface area contributed by atoms with E-state index in [0.717, 1.165) is 0 Å². The number of carboxylic acid groups (broad SMARTS) is 3. The van der Waals surface area contributed by atoms with E-state index in [-0.39, 0.29) is 6.42 Å². The largest absolute Gasteiger partial charge is 0.550 e. The third kappa shape index (κ3) is 21.8. The van der Waals surface area contributed by atoms with Crippen LogP contribution in [0.15, 0.2) is 12.2 Å². The number of likely N-dealkylation sites (N-methyl/N-ethyl adjacent to an activating group) is 1. The molecule has 0 amide bonds. The monoisotopic (exact) mass is 277 g/mol. The highest BCUT2D eigenvalue weighted by molar-refractivity contribution is 5.89. The number of aliphatic carboxylic acids is 3. The molecular formula is C11H19NO7. The van der Waals surface area contributed by atoms with Crippen LogP contribution in [0.5, 0.6) is 0 Å². The zero-order chi connectivity index (χ0) is 15.6. The smallest absolute Gasteiger partial charge is 0.328 e. The van der Waals surface area contributed by atoms with Crippen LogP contribution in [-0.2, 0) is 14.4 Å². The highest BCUT2D eigenvalue weighted by Gasteiger charge is 2.14. The maximum atomic E-state index is 10.0. The molecule has 19 heavy (non-hydrogen) atoms. The lowest BCUT2D eigenvalue weighted by Gasteiger charge is -2.26. The van der Waals surface area contributed by atoms with E-state index < -0.39 is 24.0 Å². The summed E-state index contributed by atoms with van der Waals surface area (Å²) in [5, 5.41) is 34.8. The molecule has 0 saturated carbocycles. The third-order valence-electron chi connectivity index (χ3n) is 1.53. The van der Waals surface area contributed by atoms with Gasteiger partial charge in [-0.25, -0.2) is 9.59 Å². The molecule has 0 aromatic carbocycles. The predicted molar refractivity (Wildman–Crippen MR) is 62.9 cm³/mol. The van der Waals surface area contributed by atoms with Gasteiger partial charge >= 0.3 is 11.9 Å². The molecule has 0 aliphatic rings. The minimum absolute atomic E-state index is 0.282. The van der Waals surface area contributed by atoms with E-state index in [4.69, 9.17) is 15.3 Å². The van der Waals surface area contributed by atoms with Crippen molar-refractivity contribution in [2.75, 3.05) is 27.7 Å². The molecule has 0 saturated heterocycles. The lowest BCUT2D eigenvalue weighted by molar-refractivity contribution is -0.873. The summed E-state index contributed by atoms with van der Waals surface area (Å²) in [6.45, 7) is 0.425. The molecule has 0 unspecified atom stereocenters. The van der Waals surface area contributed by atoms with Crippen LogP contribution in [-0.4, -0.2) is 71.5 Å². The first-order chi connectivity index (χ1) is 8.44. The topological polar surface area (TPSA) is 135 Å². The van der Waals surface area contributed by atoms with Crippen molar-refractivity contribution in [3.05, 3.63) is 12.2 Å². The van der Waals surface area contributed by atoms with Gasteiger partial charge in [-0.05, 0) is 0 Å². The molecule has 0 bridgehead atoms. The summed E-state index contributed by atoms with van der Waals surface area (Å²) in [4.78, 5) is 29.1. The second kappa shape index (κ2) is 9.06. The van der Waals surface area contributed by atoms with Crippen LogP contribution >= 0.6 is 0 Å². The van der Waals surface area contributed by atoms with Gasteiger partial charge in [-0.1, -0.05) is 0 Å². The SMILES string of the molecule is C[N+](C)(C)C[C@@H](O)CC(=O)[O-].O=C(O)/C=C/C(=O)O. The van der Waals surface area contributed by atoms with Crippen molar-refractivity contribution in [3.8, 4) is 0 Å². The molecule has 110 valence electrons. The van der Waals surface area contributed by atoms with Crippen molar-refractivity contribution in [2.24, 2.45) is 0 Å². The van der Waals surface area contributed by atoms with Gasteiger partial charge in [0.05, 0.1) is 21.1 Å². The molecule has 0 radical (unpaired) electrons. The highest BCUT2D eigenvalue weighted by atomic mass is 16.4. The van der Waals surface area contributed by atoms with E-state index in [1.807, 2.05) is 21.1 Å². The van der Waals surface area contributed by atoms with Gasteiger partial charge in [0, 0.05) is 24.5 Å². The standard InChI is InChI=1S/C7H15NO3.C4H4O4/c1-8(2,3)5-6(9)4-7(10)11;5-3(6)1-2-4(7)8/h6,9H,4-5H2,1-3H3;1-2H,(H,5,6)(H,7,8)/b;2-1+/t6-;/m0./s1. The van der Waals surface area contributed by atoms with Crippen molar-refractivity contribution >= 4 is 17.9 Å². The molecule has 8 nitrogen and oxygen atoms in total. The number of hydrogen-bond donors (Lipinski definition) is 3. The van der Waals surface area contributed by atoms with E-state index in [0.29, 0.717) is 23.2 Å². The average Bonchev–Trinajstić information content (AvgIpc) is 2.10. The lowest BCUT2D eigenvalue weighted by atomic mass is 10.2. The first kappa shape index (κ1) is 19.4. The van der Waals surface area contributed by atoms with Gasteiger partial charge in [-0.3, -0.25) is 0 Å². The lowest BCUT2D eigenvalue weighted by Crippen LogP contribution is -2.43. The van der Waals surface area contributed by atoms with Crippen LogP contribution < -0.4 is 5.11 Å². The van der Waals surface area contributed by atoms with Gasteiger partial charge in [-0.15, -0.1) is 0 Å². The van der Waals surface area contributed by atoms with E-state index in [9.17, 15) is 19.5 Å². The fourth-order valence-electron chi connectivity index (χ4n) is 1.03. The molecule has 0 aliphatic heterocycles. The van der Waals surface area contributed by atoms with Crippen LogP contribution in [0, 0.1) is 0 Å². The summed E-state index contributed by atoms with van der Waals surface area (Å²) < 4.78 is 0.550. The molecule has 0 aromatic heterocycles. The summed E-state index contributed by atoms with van der Waals surface area (Å²) in [6.07, 6.45) is 0.0280. The minimum atomic E-state index is -1.26. The van der Waals surface area contributed by atoms with Crippen molar-refractivity contribution in [1.82, 2.24) is 0 Å². The quantitative estimate of drug-likeness (QED) is 0.374. The molecule has 1 atom stereocenters. The normalized spacial score (nSPS) is 12.4. The van der Waals surface area contributed by atoms with Gasteiger partial charge < -0.3 is 29.7 Å². The predicted octanol–water partition coefficient (Wildman–Crippen LogP) is -2.09. The molecule has 0 aliphatic carbocycles. The summed E-state index contributed by atoms with van der Waals surface area (Å²) >= 11 is 0. The number of aliphatic hydroxyl groups excluding tert-OH is 1. The van der Waals surface area contributed by atoms with Crippen molar-refractivity contribution in [1.29, 1.82) is 0 Å². The first-order valence-electron chi connectivity index (χ1n) is 5.26. The number of carboxylic acids is 3. The second-order valence-corrected chi connectivity index (χ2v) is 4.71. The van der Waals surface area contributed by atoms with E-state index in [1.54, 1.807) is 0 Å². The Balaban J connectivity index is 0. The molecular weight excluding hydrogens is 258 g/mol. The van der Waals surface area contributed by atoms with Crippen LogP contribution in [0.1, 0.15) is 6.42 Å². The Hall–Kier alpha value is -1.93. The Morgan fingerprint density at radius 1 is 1.11 bits per heavy atom. The van der Waals surface area contributed by atoms with Gasteiger partial charge in [0.15, 0.2) is 0 Å². The molecule has 0 rings (SSSR count). The molecule has 0 fully saturated rings. The number of nitrogens with zero attached hydrogens (tertiary/aromatic N) is 1.